The van der Waals surface area contributed by atoms with Gasteiger partial charge in [0.2, 0.25) is 0 Å². The number of nitro benzene ring substituents is 1. The van der Waals surface area contributed by atoms with Crippen LogP contribution in [-0.4, -0.2) is 24.1 Å². The first-order valence-electron chi connectivity index (χ1n) is 5.92. The third-order valence-electron chi connectivity index (χ3n) is 2.97. The Labute approximate surface area is 110 Å². The van der Waals surface area contributed by atoms with Gasteiger partial charge in [-0.05, 0) is 31.5 Å². The van der Waals surface area contributed by atoms with E-state index < -0.39 is 4.92 Å². The van der Waals surface area contributed by atoms with Crippen LogP contribution in [0.4, 0.5) is 5.69 Å². The number of benzene rings is 1. The minimum atomic E-state index is -0.427. The first-order valence-corrected chi connectivity index (χ1v) is 6.30. The second-order valence-electron chi connectivity index (χ2n) is 4.31. The molecule has 1 fully saturated rings. The zero-order valence-corrected chi connectivity index (χ0v) is 10.7. The van der Waals surface area contributed by atoms with Gasteiger partial charge in [-0.1, -0.05) is 11.6 Å². The summed E-state index contributed by atoms with van der Waals surface area (Å²) in [5.41, 5.74) is 0.584. The van der Waals surface area contributed by atoms with E-state index in [0.29, 0.717) is 10.6 Å². The lowest BCUT2D eigenvalue weighted by atomic mass is 10.1. The van der Waals surface area contributed by atoms with Crippen molar-refractivity contribution < 1.29 is 9.66 Å². The molecule has 1 unspecified atom stereocenters. The molecule has 1 aliphatic heterocycles. The fraction of sp³-hybridized carbons (Fsp3) is 0.500. The Morgan fingerprint density at radius 3 is 3.06 bits per heavy atom. The molecule has 5 nitrogen and oxygen atoms in total. The second kappa shape index (κ2) is 6.13. The van der Waals surface area contributed by atoms with Gasteiger partial charge in [0.1, 0.15) is 0 Å². The van der Waals surface area contributed by atoms with E-state index >= 15 is 0 Å². The molecule has 0 amide bonds. The molecule has 1 saturated heterocycles. The van der Waals surface area contributed by atoms with E-state index in [2.05, 4.69) is 5.32 Å². The molecule has 1 aliphatic rings. The molecule has 18 heavy (non-hydrogen) atoms. The number of nitrogens with one attached hydrogen (secondary N) is 1. The van der Waals surface area contributed by atoms with Crippen LogP contribution in [-0.2, 0) is 11.3 Å². The average Bonchev–Trinajstić information content (AvgIpc) is 2.38. The summed E-state index contributed by atoms with van der Waals surface area (Å²) in [5, 5.41) is 14.5. The summed E-state index contributed by atoms with van der Waals surface area (Å²) in [6, 6.07) is 4.66. The molecule has 0 aromatic heterocycles. The van der Waals surface area contributed by atoms with Gasteiger partial charge in [-0.3, -0.25) is 10.1 Å². The zero-order valence-electron chi connectivity index (χ0n) is 9.89. The smallest absolute Gasteiger partial charge is 0.276 e. The standard InChI is InChI=1S/C12H15ClN2O3/c13-10-4-3-9(12(6-10)15(16)17)8-18-11-2-1-5-14-7-11/h3-4,6,11,14H,1-2,5,7-8H2. The summed E-state index contributed by atoms with van der Waals surface area (Å²) in [6.07, 6.45) is 2.20. The van der Waals surface area contributed by atoms with Crippen molar-refractivity contribution in [1.29, 1.82) is 0 Å². The van der Waals surface area contributed by atoms with Crippen molar-refractivity contribution in [2.75, 3.05) is 13.1 Å². The normalized spacial score (nSPS) is 19.7. The van der Waals surface area contributed by atoms with Gasteiger partial charge < -0.3 is 10.1 Å². The second-order valence-corrected chi connectivity index (χ2v) is 4.75. The van der Waals surface area contributed by atoms with Crippen LogP contribution in [0.1, 0.15) is 18.4 Å². The third-order valence-corrected chi connectivity index (χ3v) is 3.21. The van der Waals surface area contributed by atoms with Crippen molar-refractivity contribution in [1.82, 2.24) is 5.32 Å². The van der Waals surface area contributed by atoms with E-state index in [-0.39, 0.29) is 18.4 Å². The Hall–Kier alpha value is -1.17. The molecule has 1 atom stereocenters. The van der Waals surface area contributed by atoms with Gasteiger partial charge in [0, 0.05) is 17.6 Å². The van der Waals surface area contributed by atoms with Crippen molar-refractivity contribution >= 4 is 17.3 Å². The lowest BCUT2D eigenvalue weighted by Gasteiger charge is -2.23. The number of halogens is 1. The summed E-state index contributed by atoms with van der Waals surface area (Å²) in [5.74, 6) is 0. The molecule has 1 N–H and O–H groups in total. The molecule has 0 aliphatic carbocycles. The van der Waals surface area contributed by atoms with Gasteiger partial charge in [-0.25, -0.2) is 0 Å². The van der Waals surface area contributed by atoms with Crippen molar-refractivity contribution in [3.63, 3.8) is 0 Å². The molecule has 0 saturated carbocycles. The van der Waals surface area contributed by atoms with E-state index in [1.807, 2.05) is 0 Å². The fourth-order valence-electron chi connectivity index (χ4n) is 2.00. The van der Waals surface area contributed by atoms with Gasteiger partial charge in [0.15, 0.2) is 0 Å². The van der Waals surface area contributed by atoms with Crippen molar-refractivity contribution in [3.05, 3.63) is 38.9 Å². The van der Waals surface area contributed by atoms with Crippen molar-refractivity contribution in [2.45, 2.75) is 25.6 Å². The van der Waals surface area contributed by atoms with E-state index in [0.717, 1.165) is 25.9 Å². The van der Waals surface area contributed by atoms with Crippen LogP contribution in [0.15, 0.2) is 18.2 Å². The highest BCUT2D eigenvalue weighted by molar-refractivity contribution is 6.30. The maximum absolute atomic E-state index is 10.9. The minimum absolute atomic E-state index is 0.0197. The van der Waals surface area contributed by atoms with Crippen LogP contribution >= 0.6 is 11.6 Å². The third kappa shape index (κ3) is 3.41. The first-order chi connectivity index (χ1) is 8.66. The number of ether oxygens (including phenoxy) is 1. The number of hydrogen-bond acceptors (Lipinski definition) is 4. The molecule has 2 rings (SSSR count). The van der Waals surface area contributed by atoms with E-state index in [1.165, 1.54) is 6.07 Å². The Bertz CT molecular complexity index is 433. The monoisotopic (exact) mass is 270 g/mol. The summed E-state index contributed by atoms with van der Waals surface area (Å²) >= 11 is 5.75. The number of rotatable bonds is 4. The van der Waals surface area contributed by atoms with Crippen LogP contribution in [0, 0.1) is 10.1 Å². The number of piperidine rings is 1. The topological polar surface area (TPSA) is 64.4 Å². The van der Waals surface area contributed by atoms with Gasteiger partial charge in [-0.15, -0.1) is 0 Å². The highest BCUT2D eigenvalue weighted by Gasteiger charge is 2.18. The summed E-state index contributed by atoms with van der Waals surface area (Å²) in [7, 11) is 0. The van der Waals surface area contributed by atoms with Crippen LogP contribution < -0.4 is 5.32 Å². The van der Waals surface area contributed by atoms with Crippen LogP contribution in [0.3, 0.4) is 0 Å². The van der Waals surface area contributed by atoms with Gasteiger partial charge in [-0.2, -0.15) is 0 Å². The van der Waals surface area contributed by atoms with Crippen molar-refractivity contribution in [2.24, 2.45) is 0 Å². The number of hydrogen-bond donors (Lipinski definition) is 1. The molecule has 0 spiro atoms. The Morgan fingerprint density at radius 1 is 1.56 bits per heavy atom. The molecule has 1 heterocycles. The first kappa shape index (κ1) is 13.3. The zero-order chi connectivity index (χ0) is 13.0. The predicted molar refractivity (Wildman–Crippen MR) is 68.8 cm³/mol. The molecule has 0 bridgehead atoms. The molecular weight excluding hydrogens is 256 g/mol. The summed E-state index contributed by atoms with van der Waals surface area (Å²) in [6.45, 7) is 2.07. The number of nitrogens with zero attached hydrogens (tertiary/aromatic N) is 1. The quantitative estimate of drug-likeness (QED) is 0.674. The van der Waals surface area contributed by atoms with Gasteiger partial charge in [0.05, 0.1) is 23.2 Å². The maximum Gasteiger partial charge on any atom is 0.276 e. The molecule has 1 aromatic carbocycles. The van der Waals surface area contributed by atoms with E-state index in [1.54, 1.807) is 12.1 Å². The predicted octanol–water partition coefficient (Wildman–Crippen LogP) is 2.52. The minimum Gasteiger partial charge on any atom is -0.372 e. The van der Waals surface area contributed by atoms with Crippen LogP contribution in [0.2, 0.25) is 5.02 Å². The van der Waals surface area contributed by atoms with Crippen LogP contribution in [0.25, 0.3) is 0 Å². The highest BCUT2D eigenvalue weighted by Crippen LogP contribution is 2.24. The lowest BCUT2D eigenvalue weighted by Crippen LogP contribution is -2.35. The molecule has 1 aromatic rings. The Balaban J connectivity index is 2.01. The van der Waals surface area contributed by atoms with Crippen molar-refractivity contribution in [3.8, 4) is 0 Å². The van der Waals surface area contributed by atoms with E-state index in [9.17, 15) is 10.1 Å². The Morgan fingerprint density at radius 2 is 2.39 bits per heavy atom. The van der Waals surface area contributed by atoms with Gasteiger partial charge in [0.25, 0.3) is 5.69 Å². The average molecular weight is 271 g/mol. The summed E-state index contributed by atoms with van der Waals surface area (Å²) < 4.78 is 5.69. The maximum atomic E-state index is 10.9. The van der Waals surface area contributed by atoms with E-state index in [4.69, 9.17) is 16.3 Å². The molecule has 6 heteroatoms. The van der Waals surface area contributed by atoms with Gasteiger partial charge >= 0.3 is 0 Å². The summed E-state index contributed by atoms with van der Waals surface area (Å²) in [4.78, 5) is 10.5. The van der Waals surface area contributed by atoms with Crippen LogP contribution in [0.5, 0.6) is 0 Å². The number of nitro groups is 1. The highest BCUT2D eigenvalue weighted by atomic mass is 35.5. The molecular formula is C12H15ClN2O3. The SMILES string of the molecule is O=[N+]([O-])c1cc(Cl)ccc1COC1CCCNC1. The lowest BCUT2D eigenvalue weighted by molar-refractivity contribution is -0.386. The fourth-order valence-corrected chi connectivity index (χ4v) is 2.17. The molecule has 98 valence electrons. The Kier molecular flexibility index (Phi) is 4.52. The largest absolute Gasteiger partial charge is 0.372 e. The molecule has 0 radical (unpaired) electrons.